The van der Waals surface area contributed by atoms with E-state index in [0.717, 1.165) is 37.9 Å². The van der Waals surface area contributed by atoms with Gasteiger partial charge in [-0.15, -0.1) is 24.0 Å². The van der Waals surface area contributed by atoms with Gasteiger partial charge in [-0.3, -0.25) is 9.79 Å². The zero-order valence-electron chi connectivity index (χ0n) is 15.4. The van der Waals surface area contributed by atoms with Crippen molar-refractivity contribution < 1.29 is 4.79 Å². The zero-order valence-corrected chi connectivity index (χ0v) is 17.7. The van der Waals surface area contributed by atoms with Crippen molar-refractivity contribution >= 4 is 35.8 Å². The summed E-state index contributed by atoms with van der Waals surface area (Å²) in [6.45, 7) is 4.61. The Morgan fingerprint density at radius 3 is 2.42 bits per heavy atom. The predicted octanol–water partition coefficient (Wildman–Crippen LogP) is 3.14. The maximum atomic E-state index is 11.8. The minimum absolute atomic E-state index is 0. The highest BCUT2D eigenvalue weighted by Gasteiger charge is 2.25. The van der Waals surface area contributed by atoms with E-state index in [1.807, 2.05) is 18.9 Å². The Morgan fingerprint density at radius 1 is 1.12 bits per heavy atom. The van der Waals surface area contributed by atoms with E-state index in [1.54, 1.807) is 0 Å². The van der Waals surface area contributed by atoms with Gasteiger partial charge in [0, 0.05) is 39.1 Å². The van der Waals surface area contributed by atoms with E-state index in [0.29, 0.717) is 12.5 Å². The summed E-state index contributed by atoms with van der Waals surface area (Å²) in [6, 6.07) is 0.328. The highest BCUT2D eigenvalue weighted by Crippen LogP contribution is 2.21. The van der Waals surface area contributed by atoms with E-state index in [4.69, 9.17) is 0 Å². The number of carbonyl (C=O) groups excluding carboxylic acids is 1. The minimum Gasteiger partial charge on any atom is -0.356 e. The molecule has 2 N–H and O–H groups in total. The van der Waals surface area contributed by atoms with Gasteiger partial charge in [-0.1, -0.05) is 39.0 Å². The van der Waals surface area contributed by atoms with Crippen molar-refractivity contribution in [3.05, 3.63) is 0 Å². The van der Waals surface area contributed by atoms with Crippen LogP contribution in [-0.4, -0.2) is 49.5 Å². The van der Waals surface area contributed by atoms with E-state index in [-0.39, 0.29) is 29.9 Å². The number of nitrogens with one attached hydrogen (secondary N) is 2. The molecule has 2 rings (SSSR count). The van der Waals surface area contributed by atoms with Crippen molar-refractivity contribution in [1.29, 1.82) is 0 Å². The summed E-state index contributed by atoms with van der Waals surface area (Å²) < 4.78 is 0. The molecule has 1 aliphatic heterocycles. The molecule has 0 aromatic carbocycles. The van der Waals surface area contributed by atoms with Crippen molar-refractivity contribution in [1.82, 2.24) is 15.5 Å². The van der Waals surface area contributed by atoms with Gasteiger partial charge in [0.15, 0.2) is 5.96 Å². The quantitative estimate of drug-likeness (QED) is 0.393. The first-order valence-corrected chi connectivity index (χ1v) is 9.48. The van der Waals surface area contributed by atoms with Crippen molar-refractivity contribution in [3.8, 4) is 0 Å². The van der Waals surface area contributed by atoms with Gasteiger partial charge in [0.05, 0.1) is 0 Å². The lowest BCUT2D eigenvalue weighted by Crippen LogP contribution is -2.46. The molecule has 0 bridgehead atoms. The molecule has 5 nitrogen and oxygen atoms in total. The van der Waals surface area contributed by atoms with Crippen LogP contribution in [-0.2, 0) is 4.79 Å². The normalized spacial score (nSPS) is 23.2. The van der Waals surface area contributed by atoms with Gasteiger partial charge in [0.2, 0.25) is 5.91 Å². The number of nitrogens with zero attached hydrogens (tertiary/aromatic N) is 2. The van der Waals surface area contributed by atoms with Crippen LogP contribution in [0.2, 0.25) is 0 Å². The summed E-state index contributed by atoms with van der Waals surface area (Å²) >= 11 is 0. The molecule has 140 valence electrons. The first-order chi connectivity index (χ1) is 11.2. The lowest BCUT2D eigenvalue weighted by atomic mass is 9.91. The molecule has 1 atom stereocenters. The monoisotopic (exact) mass is 450 g/mol. The van der Waals surface area contributed by atoms with Crippen molar-refractivity contribution in [2.45, 2.75) is 70.8 Å². The molecule has 1 heterocycles. The van der Waals surface area contributed by atoms with Gasteiger partial charge in [-0.2, -0.15) is 0 Å². The Hall–Kier alpha value is -0.530. The Morgan fingerprint density at radius 2 is 1.79 bits per heavy atom. The number of rotatable bonds is 4. The van der Waals surface area contributed by atoms with Gasteiger partial charge in [0.25, 0.3) is 0 Å². The number of aliphatic imine (C=N–C) groups is 1. The summed E-state index contributed by atoms with van der Waals surface area (Å²) in [7, 11) is 1.83. The molecule has 1 saturated carbocycles. The Balaban J connectivity index is 0.00000288. The number of amides is 1. The van der Waals surface area contributed by atoms with E-state index < -0.39 is 0 Å². The van der Waals surface area contributed by atoms with Crippen LogP contribution >= 0.6 is 24.0 Å². The molecule has 6 heteroatoms. The first kappa shape index (κ1) is 21.5. The summed E-state index contributed by atoms with van der Waals surface area (Å²) in [5.74, 6) is 1.92. The van der Waals surface area contributed by atoms with Crippen LogP contribution in [0, 0.1) is 5.92 Å². The third kappa shape index (κ3) is 7.15. The molecule has 2 aliphatic rings. The number of likely N-dealkylation sites (tertiary alicyclic amines) is 1. The van der Waals surface area contributed by atoms with Crippen molar-refractivity contribution in [2.75, 3.05) is 26.7 Å². The number of hydrogen-bond donors (Lipinski definition) is 2. The molecule has 0 spiro atoms. The molecule has 0 radical (unpaired) electrons. The Bertz CT molecular complexity index is 394. The number of hydrogen-bond acceptors (Lipinski definition) is 2. The maximum absolute atomic E-state index is 11.8. The minimum atomic E-state index is 0. The van der Waals surface area contributed by atoms with Crippen molar-refractivity contribution in [2.24, 2.45) is 10.9 Å². The average Bonchev–Trinajstić information content (AvgIpc) is 3.00. The van der Waals surface area contributed by atoms with Gasteiger partial charge < -0.3 is 15.5 Å². The molecular weight excluding hydrogens is 415 g/mol. The van der Waals surface area contributed by atoms with Gasteiger partial charge in [-0.05, 0) is 25.2 Å². The fraction of sp³-hybridized carbons (Fsp3) is 0.889. The summed E-state index contributed by atoms with van der Waals surface area (Å²) in [4.78, 5) is 18.1. The lowest BCUT2D eigenvalue weighted by molar-refractivity contribution is -0.129. The van der Waals surface area contributed by atoms with Gasteiger partial charge >= 0.3 is 0 Å². The second-order valence-corrected chi connectivity index (χ2v) is 6.99. The Kier molecular flexibility index (Phi) is 10.7. The fourth-order valence-corrected chi connectivity index (χ4v) is 3.70. The second kappa shape index (κ2) is 11.9. The molecule has 0 aromatic rings. The third-order valence-corrected chi connectivity index (χ3v) is 5.19. The lowest BCUT2D eigenvalue weighted by Gasteiger charge is -2.23. The van der Waals surface area contributed by atoms with E-state index in [2.05, 4.69) is 15.6 Å². The second-order valence-electron chi connectivity index (χ2n) is 6.99. The summed E-state index contributed by atoms with van der Waals surface area (Å²) in [6.07, 6.45) is 11.2. The topological polar surface area (TPSA) is 56.7 Å². The van der Waals surface area contributed by atoms with Crippen LogP contribution in [0.3, 0.4) is 0 Å². The van der Waals surface area contributed by atoms with Gasteiger partial charge in [-0.25, -0.2) is 0 Å². The van der Waals surface area contributed by atoms with E-state index in [9.17, 15) is 4.79 Å². The van der Waals surface area contributed by atoms with Gasteiger partial charge in [0.1, 0.15) is 0 Å². The highest BCUT2D eigenvalue weighted by molar-refractivity contribution is 14.0. The van der Waals surface area contributed by atoms with Crippen LogP contribution in [0.1, 0.15) is 64.7 Å². The standard InChI is InChI=1S/C18H34N4O.HI/c1-3-17(23)22-12-11-16(14-22)21-18(19-2)20-13-15-9-7-5-4-6-8-10-15;/h15-16H,3-14H2,1-2H3,(H2,19,20,21);1H. The Labute approximate surface area is 164 Å². The average molecular weight is 450 g/mol. The number of carbonyl (C=O) groups is 1. The van der Waals surface area contributed by atoms with Crippen molar-refractivity contribution in [3.63, 3.8) is 0 Å². The smallest absolute Gasteiger partial charge is 0.222 e. The maximum Gasteiger partial charge on any atom is 0.222 e. The fourth-order valence-electron chi connectivity index (χ4n) is 3.70. The number of halogens is 1. The van der Waals surface area contributed by atoms with Crippen LogP contribution in [0.25, 0.3) is 0 Å². The molecule has 1 aliphatic carbocycles. The van der Waals surface area contributed by atoms with E-state index >= 15 is 0 Å². The highest BCUT2D eigenvalue weighted by atomic mass is 127. The van der Waals surface area contributed by atoms with Crippen LogP contribution < -0.4 is 10.6 Å². The molecule has 2 fully saturated rings. The molecule has 1 saturated heterocycles. The predicted molar refractivity (Wildman–Crippen MR) is 111 cm³/mol. The summed E-state index contributed by atoms with van der Waals surface area (Å²) in [5.41, 5.74) is 0. The molecule has 0 aromatic heterocycles. The zero-order chi connectivity index (χ0) is 16.5. The van der Waals surface area contributed by atoms with Crippen LogP contribution in [0.15, 0.2) is 4.99 Å². The number of guanidine groups is 1. The molecule has 1 unspecified atom stereocenters. The molecular formula is C18H35IN4O. The molecule has 24 heavy (non-hydrogen) atoms. The van der Waals surface area contributed by atoms with E-state index in [1.165, 1.54) is 44.9 Å². The SMILES string of the molecule is CCC(=O)N1CCC(NC(=NC)NCC2CCCCCCC2)C1.I. The van der Waals surface area contributed by atoms with Crippen LogP contribution in [0.4, 0.5) is 0 Å². The largest absolute Gasteiger partial charge is 0.356 e. The molecule has 1 amide bonds. The third-order valence-electron chi connectivity index (χ3n) is 5.19. The first-order valence-electron chi connectivity index (χ1n) is 9.48. The van der Waals surface area contributed by atoms with Crippen LogP contribution in [0.5, 0.6) is 0 Å². The summed E-state index contributed by atoms with van der Waals surface area (Å²) in [5, 5.41) is 6.99.